The molecule has 2 saturated heterocycles. The number of hydrogen-bond acceptors (Lipinski definition) is 5. The summed E-state index contributed by atoms with van der Waals surface area (Å²) in [7, 11) is 1.29. The number of methoxy groups -OCH3 is 1. The van der Waals surface area contributed by atoms with Crippen LogP contribution in [-0.2, 0) is 23.8 Å². The van der Waals surface area contributed by atoms with Gasteiger partial charge in [0.05, 0.1) is 19.8 Å². The lowest BCUT2D eigenvalue weighted by atomic mass is 9.77. The van der Waals surface area contributed by atoms with Crippen molar-refractivity contribution < 1.29 is 23.8 Å². The molecule has 5 heteroatoms. The number of ether oxygens (including phenoxy) is 3. The van der Waals surface area contributed by atoms with Gasteiger partial charge in [-0.1, -0.05) is 6.08 Å². The van der Waals surface area contributed by atoms with Crippen molar-refractivity contribution in [2.75, 3.05) is 13.7 Å². The largest absolute Gasteiger partial charge is 0.467 e. The first-order chi connectivity index (χ1) is 7.19. The summed E-state index contributed by atoms with van der Waals surface area (Å²) in [5.41, 5.74) is -1.22. The maximum absolute atomic E-state index is 11.7. The van der Waals surface area contributed by atoms with Gasteiger partial charge < -0.3 is 14.2 Å². The number of fused-ring (bicyclic) bond motifs is 5. The van der Waals surface area contributed by atoms with Gasteiger partial charge in [-0.15, -0.1) is 0 Å². The molecule has 3 aliphatic heterocycles. The second-order valence-electron chi connectivity index (χ2n) is 4.00. The van der Waals surface area contributed by atoms with Crippen molar-refractivity contribution in [3.8, 4) is 0 Å². The van der Waals surface area contributed by atoms with E-state index in [0.717, 1.165) is 0 Å². The molecule has 0 aliphatic carbocycles. The van der Waals surface area contributed by atoms with E-state index < -0.39 is 17.5 Å². The molecule has 0 aromatic heterocycles. The minimum Gasteiger partial charge on any atom is -0.467 e. The summed E-state index contributed by atoms with van der Waals surface area (Å²) in [6, 6.07) is 0. The van der Waals surface area contributed by atoms with E-state index >= 15 is 0 Å². The van der Waals surface area contributed by atoms with Crippen molar-refractivity contribution in [1.29, 1.82) is 0 Å². The molecular formula is C10H10O5. The monoisotopic (exact) mass is 210 g/mol. The fourth-order valence-corrected chi connectivity index (χ4v) is 2.67. The zero-order chi connectivity index (χ0) is 10.6. The van der Waals surface area contributed by atoms with Gasteiger partial charge in [-0.05, 0) is 6.08 Å². The summed E-state index contributed by atoms with van der Waals surface area (Å²) in [5.74, 6) is -1.45. The zero-order valence-corrected chi connectivity index (χ0v) is 8.14. The van der Waals surface area contributed by atoms with E-state index in [9.17, 15) is 9.59 Å². The minimum absolute atomic E-state index is 0.0402. The minimum atomic E-state index is -1.22. The Labute approximate surface area is 86.0 Å². The maximum Gasteiger partial charge on any atom is 0.343 e. The van der Waals surface area contributed by atoms with Crippen molar-refractivity contribution in [2.24, 2.45) is 11.8 Å². The van der Waals surface area contributed by atoms with Gasteiger partial charge in [0.2, 0.25) is 0 Å². The highest BCUT2D eigenvalue weighted by Crippen LogP contribution is 2.50. The molecule has 0 amide bonds. The molecule has 0 spiro atoms. The first-order valence-corrected chi connectivity index (χ1v) is 4.81. The van der Waals surface area contributed by atoms with E-state index in [1.807, 2.05) is 0 Å². The second-order valence-corrected chi connectivity index (χ2v) is 4.00. The van der Waals surface area contributed by atoms with Gasteiger partial charge in [0, 0.05) is 5.92 Å². The summed E-state index contributed by atoms with van der Waals surface area (Å²) in [6.45, 7) is 0.331. The van der Waals surface area contributed by atoms with Crippen LogP contribution in [0.15, 0.2) is 12.2 Å². The van der Waals surface area contributed by atoms with Gasteiger partial charge in [-0.3, -0.25) is 4.79 Å². The molecule has 5 nitrogen and oxygen atoms in total. The van der Waals surface area contributed by atoms with Crippen LogP contribution in [0.1, 0.15) is 0 Å². The normalized spacial score (nSPS) is 45.4. The van der Waals surface area contributed by atoms with Crippen molar-refractivity contribution in [3.05, 3.63) is 12.2 Å². The van der Waals surface area contributed by atoms with E-state index in [4.69, 9.17) is 9.47 Å². The average molecular weight is 210 g/mol. The van der Waals surface area contributed by atoms with Gasteiger partial charge >= 0.3 is 11.9 Å². The molecule has 80 valence electrons. The summed E-state index contributed by atoms with van der Waals surface area (Å²) >= 11 is 0. The van der Waals surface area contributed by atoms with E-state index in [1.165, 1.54) is 7.11 Å². The van der Waals surface area contributed by atoms with Crippen LogP contribution in [0.4, 0.5) is 0 Å². The summed E-state index contributed by atoms with van der Waals surface area (Å²) < 4.78 is 15.2. The van der Waals surface area contributed by atoms with Crippen LogP contribution in [0.3, 0.4) is 0 Å². The Bertz CT molecular complexity index is 374. The molecule has 3 rings (SSSR count). The summed E-state index contributed by atoms with van der Waals surface area (Å²) in [4.78, 5) is 23.2. The predicted molar refractivity (Wildman–Crippen MR) is 46.7 cm³/mol. The van der Waals surface area contributed by atoms with Gasteiger partial charge in [-0.2, -0.15) is 0 Å². The first-order valence-electron chi connectivity index (χ1n) is 4.81. The van der Waals surface area contributed by atoms with Crippen LogP contribution in [0.25, 0.3) is 0 Å². The summed E-state index contributed by atoms with van der Waals surface area (Å²) in [6.07, 6.45) is 3.23. The van der Waals surface area contributed by atoms with Crippen LogP contribution < -0.4 is 0 Å². The predicted octanol–water partition coefficient (Wildman–Crippen LogP) is -0.344. The molecule has 2 fully saturated rings. The van der Waals surface area contributed by atoms with Crippen LogP contribution in [0.2, 0.25) is 0 Å². The Kier molecular flexibility index (Phi) is 1.55. The molecule has 4 unspecified atom stereocenters. The molecule has 0 N–H and O–H groups in total. The maximum atomic E-state index is 11.7. The molecule has 0 saturated carbocycles. The number of carbonyl (C=O) groups is 2. The standard InChI is InChI=1S/C10H10O5/c1-13-9(12)10-3-2-6(15-10)5-4-14-8(11)7(5)10/h2-3,5-7H,4H2,1H3. The third kappa shape index (κ3) is 0.866. The first kappa shape index (κ1) is 8.91. The lowest BCUT2D eigenvalue weighted by molar-refractivity contribution is -0.168. The highest BCUT2D eigenvalue weighted by Gasteiger charge is 2.67. The lowest BCUT2D eigenvalue weighted by Crippen LogP contribution is -2.45. The van der Waals surface area contributed by atoms with Gasteiger partial charge in [-0.25, -0.2) is 4.79 Å². The Morgan fingerprint density at radius 1 is 1.67 bits per heavy atom. The van der Waals surface area contributed by atoms with E-state index in [-0.39, 0.29) is 18.0 Å². The average Bonchev–Trinajstić information content (AvgIpc) is 2.89. The molecule has 15 heavy (non-hydrogen) atoms. The van der Waals surface area contributed by atoms with Crippen LogP contribution in [0.5, 0.6) is 0 Å². The van der Waals surface area contributed by atoms with E-state index in [0.29, 0.717) is 6.61 Å². The molecule has 0 radical (unpaired) electrons. The van der Waals surface area contributed by atoms with E-state index in [2.05, 4.69) is 4.74 Å². The topological polar surface area (TPSA) is 61.8 Å². The Morgan fingerprint density at radius 3 is 3.20 bits per heavy atom. The lowest BCUT2D eigenvalue weighted by Gasteiger charge is -2.23. The number of carbonyl (C=O) groups excluding carboxylic acids is 2. The molecule has 3 aliphatic rings. The third-order valence-corrected chi connectivity index (χ3v) is 3.35. The van der Waals surface area contributed by atoms with Crippen molar-refractivity contribution in [3.63, 3.8) is 0 Å². The Balaban J connectivity index is 2.06. The Morgan fingerprint density at radius 2 is 2.47 bits per heavy atom. The van der Waals surface area contributed by atoms with Crippen LogP contribution >= 0.6 is 0 Å². The van der Waals surface area contributed by atoms with Crippen LogP contribution in [0, 0.1) is 11.8 Å². The van der Waals surface area contributed by atoms with Crippen LogP contribution in [-0.4, -0.2) is 37.4 Å². The second kappa shape index (κ2) is 2.61. The SMILES string of the molecule is COC(=O)C12C=CC(O1)C1COC(=O)C12. The molecule has 3 heterocycles. The quantitative estimate of drug-likeness (QED) is 0.437. The number of esters is 2. The molecule has 4 atom stereocenters. The smallest absolute Gasteiger partial charge is 0.343 e. The highest BCUT2D eigenvalue weighted by atomic mass is 16.6. The Hall–Kier alpha value is -1.36. The van der Waals surface area contributed by atoms with Crippen molar-refractivity contribution >= 4 is 11.9 Å². The number of hydrogen-bond donors (Lipinski definition) is 0. The van der Waals surface area contributed by atoms with Gasteiger partial charge in [0.25, 0.3) is 0 Å². The van der Waals surface area contributed by atoms with E-state index in [1.54, 1.807) is 12.2 Å². The van der Waals surface area contributed by atoms with Crippen molar-refractivity contribution in [2.45, 2.75) is 11.7 Å². The molecule has 0 aromatic rings. The van der Waals surface area contributed by atoms with Gasteiger partial charge in [0.1, 0.15) is 5.92 Å². The van der Waals surface area contributed by atoms with Gasteiger partial charge in [0.15, 0.2) is 5.60 Å². The zero-order valence-electron chi connectivity index (χ0n) is 8.14. The number of cyclic esters (lactones) is 1. The molecule has 0 aromatic carbocycles. The highest BCUT2D eigenvalue weighted by molar-refractivity contribution is 5.92. The fraction of sp³-hybridized carbons (Fsp3) is 0.600. The number of rotatable bonds is 1. The fourth-order valence-electron chi connectivity index (χ4n) is 2.67. The molecular weight excluding hydrogens is 200 g/mol. The summed E-state index contributed by atoms with van der Waals surface area (Å²) in [5, 5.41) is 0. The van der Waals surface area contributed by atoms with Crippen molar-refractivity contribution in [1.82, 2.24) is 0 Å². The molecule has 2 bridgehead atoms. The third-order valence-electron chi connectivity index (χ3n) is 3.35.